The van der Waals surface area contributed by atoms with E-state index in [1.165, 1.54) is 24.3 Å². The van der Waals surface area contributed by atoms with Gasteiger partial charge in [-0.2, -0.15) is 21.0 Å². The second-order valence-electron chi connectivity index (χ2n) is 2.78. The minimum absolute atomic E-state index is 0.197. The molecule has 88 valence electrons. The molecular formula is C7H7NO5S3. The van der Waals surface area contributed by atoms with E-state index in [4.69, 9.17) is 0 Å². The number of hydrogen-bond acceptors (Lipinski definition) is 5. The van der Waals surface area contributed by atoms with E-state index in [9.17, 15) is 21.0 Å². The van der Waals surface area contributed by atoms with Crippen molar-refractivity contribution in [1.82, 2.24) is 0 Å². The van der Waals surface area contributed by atoms with Gasteiger partial charge in [0.1, 0.15) is 0 Å². The van der Waals surface area contributed by atoms with Crippen LogP contribution in [0, 0.1) is 6.92 Å². The number of rotatable bonds is 2. The van der Waals surface area contributed by atoms with Crippen LogP contribution < -0.4 is 0 Å². The third-order valence-corrected chi connectivity index (χ3v) is 5.21. The van der Waals surface area contributed by atoms with Gasteiger partial charge in [-0.3, -0.25) is 0 Å². The summed E-state index contributed by atoms with van der Waals surface area (Å²) in [6, 6.07) is 5.58. The first-order chi connectivity index (χ1) is 7.33. The maximum atomic E-state index is 11.4. The maximum absolute atomic E-state index is 11.4. The topological polar surface area (TPSA) is 97.7 Å². The molecule has 1 aromatic rings. The van der Waals surface area contributed by atoms with Crippen LogP contribution in [0.1, 0.15) is 5.56 Å². The van der Waals surface area contributed by atoms with Gasteiger partial charge in [-0.25, -0.2) is 0 Å². The van der Waals surface area contributed by atoms with Crippen molar-refractivity contribution in [1.29, 1.82) is 0 Å². The lowest BCUT2D eigenvalue weighted by atomic mass is 10.2. The highest BCUT2D eigenvalue weighted by Gasteiger charge is 2.12. The summed E-state index contributed by atoms with van der Waals surface area (Å²) >= 11 is 0. The van der Waals surface area contributed by atoms with Crippen LogP contribution in [0.4, 0.5) is 0 Å². The number of sulfonamides is 1. The zero-order valence-electron chi connectivity index (χ0n) is 8.02. The first-order valence-electron chi connectivity index (χ1n) is 3.89. The highest BCUT2D eigenvalue weighted by Crippen LogP contribution is 2.12. The minimum Gasteiger partial charge on any atom is -0.198 e. The molecule has 0 aliphatic carbocycles. The molecule has 0 radical (unpaired) electrons. The first-order valence-corrected chi connectivity index (χ1v) is 8.03. The molecule has 0 aliphatic heterocycles. The fraction of sp³-hybridized carbons (Fsp3) is 0.143. The fourth-order valence-corrected chi connectivity index (χ4v) is 3.69. The van der Waals surface area contributed by atoms with Crippen molar-refractivity contribution in [3.8, 4) is 0 Å². The zero-order valence-corrected chi connectivity index (χ0v) is 10.5. The van der Waals surface area contributed by atoms with E-state index in [-0.39, 0.29) is 4.90 Å². The first kappa shape index (κ1) is 12.9. The second kappa shape index (κ2) is 4.76. The molecule has 0 aliphatic rings. The van der Waals surface area contributed by atoms with Crippen molar-refractivity contribution >= 4 is 28.4 Å². The Bertz CT molecular complexity index is 733. The van der Waals surface area contributed by atoms with E-state index >= 15 is 0 Å². The Balaban J connectivity index is 3.47. The Labute approximate surface area is 95.0 Å². The lowest BCUT2D eigenvalue weighted by molar-refractivity contribution is 0.598. The molecule has 0 spiro atoms. The summed E-state index contributed by atoms with van der Waals surface area (Å²) in [4.78, 5) is -0.197. The molecule has 9 heteroatoms. The van der Waals surface area contributed by atoms with Crippen LogP contribution in [0.3, 0.4) is 0 Å². The molecule has 0 bridgehead atoms. The van der Waals surface area contributed by atoms with Gasteiger partial charge in [0.2, 0.25) is 9.16 Å². The van der Waals surface area contributed by atoms with Crippen LogP contribution in [-0.2, 0) is 28.4 Å². The molecule has 1 rings (SSSR count). The SMILES string of the molecule is Cc1ccc(S(=O)(=O)N=S(=O)=S(=O)=O)cc1. The lowest BCUT2D eigenvalue weighted by Crippen LogP contribution is -1.95. The summed E-state index contributed by atoms with van der Waals surface area (Å²) in [5.74, 6) is 0. The van der Waals surface area contributed by atoms with Crippen LogP contribution in [0.15, 0.2) is 32.9 Å². The van der Waals surface area contributed by atoms with E-state index in [1.807, 2.05) is 0 Å². The molecule has 0 amide bonds. The standard InChI is InChI=1S/C7H7NO5S3/c1-6-2-4-7(5-3-6)16(12,13)8-14(9)15(10)11/h2-5H,1H3. The fourth-order valence-electron chi connectivity index (χ4n) is 0.858. The molecule has 6 nitrogen and oxygen atoms in total. The Morgan fingerprint density at radius 1 is 1.06 bits per heavy atom. The minimum atomic E-state index is -4.19. The zero-order chi connectivity index (χ0) is 12.3. The van der Waals surface area contributed by atoms with Crippen LogP contribution in [-0.4, -0.2) is 21.0 Å². The van der Waals surface area contributed by atoms with Gasteiger partial charge < -0.3 is 0 Å². The third kappa shape index (κ3) is 3.15. The number of benzene rings is 1. The van der Waals surface area contributed by atoms with Crippen molar-refractivity contribution in [2.75, 3.05) is 0 Å². The molecule has 0 heterocycles. The van der Waals surface area contributed by atoms with E-state index in [0.717, 1.165) is 5.56 Å². The predicted octanol–water partition coefficient (Wildman–Crippen LogP) is 0.410. The van der Waals surface area contributed by atoms with Crippen molar-refractivity contribution in [2.24, 2.45) is 3.77 Å². The van der Waals surface area contributed by atoms with Crippen LogP contribution in [0.5, 0.6) is 0 Å². The summed E-state index contributed by atoms with van der Waals surface area (Å²) in [5, 5.41) is 0. The monoisotopic (exact) mass is 281 g/mol. The van der Waals surface area contributed by atoms with Crippen LogP contribution in [0.2, 0.25) is 0 Å². The van der Waals surface area contributed by atoms with Crippen molar-refractivity contribution in [2.45, 2.75) is 11.8 Å². The Morgan fingerprint density at radius 2 is 1.56 bits per heavy atom. The molecule has 0 unspecified atom stereocenters. The van der Waals surface area contributed by atoms with Gasteiger partial charge in [-0.05, 0) is 19.1 Å². The van der Waals surface area contributed by atoms with Gasteiger partial charge in [0.25, 0.3) is 10.0 Å². The summed E-state index contributed by atoms with van der Waals surface area (Å²) in [5.41, 5.74) is 0.840. The Hall–Kier alpha value is -1.19. The summed E-state index contributed by atoms with van der Waals surface area (Å²) in [6.45, 7) is 1.76. The van der Waals surface area contributed by atoms with Crippen molar-refractivity contribution in [3.63, 3.8) is 0 Å². The Kier molecular flexibility index (Phi) is 3.83. The normalized spacial score (nSPS) is 10.8. The summed E-state index contributed by atoms with van der Waals surface area (Å²) in [6.07, 6.45) is 0. The van der Waals surface area contributed by atoms with Crippen LogP contribution >= 0.6 is 0 Å². The quantitative estimate of drug-likeness (QED) is 0.782. The second-order valence-corrected chi connectivity index (χ2v) is 7.32. The molecule has 0 saturated heterocycles. The predicted molar refractivity (Wildman–Crippen MR) is 57.9 cm³/mol. The van der Waals surface area contributed by atoms with E-state index in [0.29, 0.717) is 0 Å². The molecule has 1 aromatic carbocycles. The molecular weight excluding hydrogens is 274 g/mol. The number of hydrogen-bond donors (Lipinski definition) is 0. The number of aryl methyl sites for hydroxylation is 1. The number of nitrogens with zero attached hydrogens (tertiary/aromatic N) is 1. The van der Waals surface area contributed by atoms with E-state index < -0.39 is 28.4 Å². The van der Waals surface area contributed by atoms with E-state index in [2.05, 4.69) is 3.77 Å². The van der Waals surface area contributed by atoms with Gasteiger partial charge >= 0.3 is 9.26 Å². The van der Waals surface area contributed by atoms with Gasteiger partial charge in [-0.1, -0.05) is 21.5 Å². The van der Waals surface area contributed by atoms with Gasteiger partial charge in [0.05, 0.1) is 4.90 Å². The molecule has 16 heavy (non-hydrogen) atoms. The van der Waals surface area contributed by atoms with Gasteiger partial charge in [0.15, 0.2) is 0 Å². The van der Waals surface area contributed by atoms with Crippen molar-refractivity contribution in [3.05, 3.63) is 29.8 Å². The van der Waals surface area contributed by atoms with Crippen molar-refractivity contribution < 1.29 is 21.0 Å². The maximum Gasteiger partial charge on any atom is 0.317 e. The highest BCUT2D eigenvalue weighted by molar-refractivity contribution is 8.24. The van der Waals surface area contributed by atoms with Crippen LogP contribution in [0.25, 0.3) is 0 Å². The molecule has 0 aromatic heterocycles. The van der Waals surface area contributed by atoms with Gasteiger partial charge in [-0.15, -0.1) is 0 Å². The molecule has 0 fully saturated rings. The van der Waals surface area contributed by atoms with Gasteiger partial charge in [0, 0.05) is 0 Å². The molecule has 0 N–H and O–H groups in total. The average molecular weight is 281 g/mol. The summed E-state index contributed by atoms with van der Waals surface area (Å²) < 4.78 is 56.8. The summed E-state index contributed by atoms with van der Waals surface area (Å²) in [7, 11) is -10.0. The average Bonchev–Trinajstić information content (AvgIpc) is 2.17. The molecule has 0 atom stereocenters. The van der Waals surface area contributed by atoms with E-state index in [1.54, 1.807) is 6.92 Å². The third-order valence-electron chi connectivity index (χ3n) is 1.59. The largest absolute Gasteiger partial charge is 0.317 e. The lowest BCUT2D eigenvalue weighted by Gasteiger charge is -1.96. The Morgan fingerprint density at radius 3 is 2.00 bits per heavy atom. The smallest absolute Gasteiger partial charge is 0.198 e. The molecule has 0 saturated carbocycles. The highest BCUT2D eigenvalue weighted by atomic mass is 32.8.